The molecule has 0 bridgehead atoms. The molecule has 0 aliphatic heterocycles. The first kappa shape index (κ1) is 12.6. The maximum atomic E-state index is 5.85. The van der Waals surface area contributed by atoms with Crippen molar-refractivity contribution in [2.75, 3.05) is 6.54 Å². The van der Waals surface area contributed by atoms with Crippen LogP contribution in [0, 0.1) is 0 Å². The molecule has 0 amide bonds. The number of rotatable bonds is 6. The molecule has 2 aromatic rings. The van der Waals surface area contributed by atoms with Gasteiger partial charge in [0.05, 0.1) is 0 Å². The molecule has 100 valence electrons. The predicted molar refractivity (Wildman–Crippen MR) is 74.1 cm³/mol. The Labute approximate surface area is 117 Å². The number of hydrogen-bond donors (Lipinski definition) is 1. The van der Waals surface area contributed by atoms with Crippen LogP contribution in [0.1, 0.15) is 25.2 Å². The van der Waals surface area contributed by atoms with E-state index >= 15 is 0 Å². The van der Waals surface area contributed by atoms with Gasteiger partial charge in [0.15, 0.2) is 0 Å². The van der Waals surface area contributed by atoms with Gasteiger partial charge in [-0.3, -0.25) is 0 Å². The Balaban J connectivity index is 1.54. The van der Waals surface area contributed by atoms with Crippen molar-refractivity contribution in [1.29, 1.82) is 0 Å². The lowest BCUT2D eigenvalue weighted by molar-refractivity contribution is 0.491. The van der Waals surface area contributed by atoms with Crippen LogP contribution >= 0.6 is 11.6 Å². The van der Waals surface area contributed by atoms with Gasteiger partial charge in [0.1, 0.15) is 0 Å². The van der Waals surface area contributed by atoms with E-state index in [0.29, 0.717) is 16.8 Å². The summed E-state index contributed by atoms with van der Waals surface area (Å²) in [5, 5.41) is 12.3. The Morgan fingerprint density at radius 2 is 2.00 bits per heavy atom. The van der Waals surface area contributed by atoms with Crippen LogP contribution < -0.4 is 5.32 Å². The average molecular weight is 278 g/mol. The van der Waals surface area contributed by atoms with Crippen LogP contribution in [0.5, 0.6) is 0 Å². The zero-order valence-electron chi connectivity index (χ0n) is 10.6. The van der Waals surface area contributed by atoms with E-state index in [2.05, 4.69) is 15.5 Å². The van der Waals surface area contributed by atoms with Gasteiger partial charge in [-0.15, -0.1) is 10.2 Å². The summed E-state index contributed by atoms with van der Waals surface area (Å²) in [6, 6.07) is 8.16. The lowest BCUT2D eigenvalue weighted by atomic mass is 10.2. The molecule has 1 heterocycles. The quantitative estimate of drug-likeness (QED) is 0.825. The molecule has 0 spiro atoms. The van der Waals surface area contributed by atoms with Gasteiger partial charge in [-0.05, 0) is 50.1 Å². The van der Waals surface area contributed by atoms with E-state index < -0.39 is 0 Å². The van der Waals surface area contributed by atoms with Crippen molar-refractivity contribution >= 4 is 11.6 Å². The zero-order valence-corrected chi connectivity index (χ0v) is 11.4. The fourth-order valence-corrected chi connectivity index (χ4v) is 2.02. The minimum atomic E-state index is 0.557. The van der Waals surface area contributed by atoms with Crippen LogP contribution in [0.4, 0.5) is 0 Å². The van der Waals surface area contributed by atoms with Crippen molar-refractivity contribution in [2.45, 2.75) is 31.7 Å². The molecule has 0 atom stereocenters. The molecule has 4 nitrogen and oxygen atoms in total. The van der Waals surface area contributed by atoms with Crippen LogP contribution in [0.15, 0.2) is 28.7 Å². The standard InChI is InChI=1S/C14H16ClN3O/c15-11-5-3-10(4-6-11)14-18-17-13(19-14)2-1-9-16-12-7-8-12/h3-6,12,16H,1-2,7-9H2. The molecular weight excluding hydrogens is 262 g/mol. The predicted octanol–water partition coefficient (Wildman–Crippen LogP) is 3.07. The number of aryl methyl sites for hydroxylation is 1. The smallest absolute Gasteiger partial charge is 0.247 e. The van der Waals surface area contributed by atoms with Gasteiger partial charge in [-0.25, -0.2) is 0 Å². The normalized spacial score (nSPS) is 14.8. The number of halogens is 1. The maximum absolute atomic E-state index is 5.85. The first-order valence-corrected chi connectivity index (χ1v) is 7.01. The Bertz CT molecular complexity index is 534. The fraction of sp³-hybridized carbons (Fsp3) is 0.429. The summed E-state index contributed by atoms with van der Waals surface area (Å²) in [6.45, 7) is 1.02. The summed E-state index contributed by atoms with van der Waals surface area (Å²) in [7, 11) is 0. The second-order valence-corrected chi connectivity index (χ2v) is 5.28. The molecule has 1 aliphatic carbocycles. The molecule has 0 unspecified atom stereocenters. The first-order chi connectivity index (χ1) is 9.31. The van der Waals surface area contributed by atoms with Gasteiger partial charge in [0, 0.05) is 23.0 Å². The number of nitrogens with zero attached hydrogens (tertiary/aromatic N) is 2. The highest BCUT2D eigenvalue weighted by atomic mass is 35.5. The largest absolute Gasteiger partial charge is 0.421 e. The van der Waals surface area contributed by atoms with E-state index in [1.54, 1.807) is 0 Å². The summed E-state index contributed by atoms with van der Waals surface area (Å²) in [6.07, 6.45) is 4.49. The van der Waals surface area contributed by atoms with Gasteiger partial charge in [0.2, 0.25) is 11.8 Å². The fourth-order valence-electron chi connectivity index (χ4n) is 1.90. The van der Waals surface area contributed by atoms with Gasteiger partial charge in [-0.1, -0.05) is 11.6 Å². The van der Waals surface area contributed by atoms with Crippen molar-refractivity contribution in [3.63, 3.8) is 0 Å². The average Bonchev–Trinajstić information content (AvgIpc) is 3.13. The van der Waals surface area contributed by atoms with Crippen molar-refractivity contribution < 1.29 is 4.42 Å². The third kappa shape index (κ3) is 3.55. The van der Waals surface area contributed by atoms with E-state index in [-0.39, 0.29) is 0 Å². The lowest BCUT2D eigenvalue weighted by Gasteiger charge is -1.99. The van der Waals surface area contributed by atoms with E-state index in [9.17, 15) is 0 Å². The molecule has 5 heteroatoms. The van der Waals surface area contributed by atoms with Crippen molar-refractivity contribution in [1.82, 2.24) is 15.5 Å². The van der Waals surface area contributed by atoms with Crippen molar-refractivity contribution in [2.24, 2.45) is 0 Å². The van der Waals surface area contributed by atoms with Gasteiger partial charge >= 0.3 is 0 Å². The molecule has 1 saturated carbocycles. The summed E-state index contributed by atoms with van der Waals surface area (Å²) < 4.78 is 5.64. The molecule has 0 saturated heterocycles. The molecular formula is C14H16ClN3O. The van der Waals surface area contributed by atoms with E-state index in [0.717, 1.165) is 31.0 Å². The molecule has 1 aliphatic rings. The van der Waals surface area contributed by atoms with Crippen molar-refractivity contribution in [3.8, 4) is 11.5 Å². The van der Waals surface area contributed by atoms with Gasteiger partial charge < -0.3 is 9.73 Å². The van der Waals surface area contributed by atoms with E-state index in [4.69, 9.17) is 16.0 Å². The van der Waals surface area contributed by atoms with Crippen LogP contribution in [-0.2, 0) is 6.42 Å². The SMILES string of the molecule is Clc1ccc(-c2nnc(CCCNC3CC3)o2)cc1. The monoisotopic (exact) mass is 277 g/mol. The second kappa shape index (κ2) is 5.72. The number of benzene rings is 1. The second-order valence-electron chi connectivity index (χ2n) is 4.84. The van der Waals surface area contributed by atoms with E-state index in [1.807, 2.05) is 24.3 Å². The highest BCUT2D eigenvalue weighted by Crippen LogP contribution is 2.21. The molecule has 1 N–H and O–H groups in total. The molecule has 1 aromatic heterocycles. The lowest BCUT2D eigenvalue weighted by Crippen LogP contribution is -2.17. The Hall–Kier alpha value is -1.39. The molecule has 1 fully saturated rings. The zero-order chi connectivity index (χ0) is 13.1. The summed E-state index contributed by atoms with van der Waals surface area (Å²) in [4.78, 5) is 0. The third-order valence-electron chi connectivity index (χ3n) is 3.14. The third-order valence-corrected chi connectivity index (χ3v) is 3.39. The Morgan fingerprint density at radius 1 is 1.21 bits per heavy atom. The highest BCUT2D eigenvalue weighted by molar-refractivity contribution is 6.30. The first-order valence-electron chi connectivity index (χ1n) is 6.63. The van der Waals surface area contributed by atoms with Crippen LogP contribution in [-0.4, -0.2) is 22.8 Å². The molecule has 1 aromatic carbocycles. The van der Waals surface area contributed by atoms with Crippen LogP contribution in [0.3, 0.4) is 0 Å². The van der Waals surface area contributed by atoms with Crippen LogP contribution in [0.2, 0.25) is 5.02 Å². The summed E-state index contributed by atoms with van der Waals surface area (Å²) >= 11 is 5.85. The molecule has 19 heavy (non-hydrogen) atoms. The summed E-state index contributed by atoms with van der Waals surface area (Å²) in [5.41, 5.74) is 0.902. The van der Waals surface area contributed by atoms with Gasteiger partial charge in [0.25, 0.3) is 0 Å². The van der Waals surface area contributed by atoms with Gasteiger partial charge in [-0.2, -0.15) is 0 Å². The molecule has 0 radical (unpaired) electrons. The molecule has 3 rings (SSSR count). The number of hydrogen-bond acceptors (Lipinski definition) is 4. The van der Waals surface area contributed by atoms with Crippen LogP contribution in [0.25, 0.3) is 11.5 Å². The van der Waals surface area contributed by atoms with E-state index in [1.165, 1.54) is 12.8 Å². The Kier molecular flexibility index (Phi) is 3.80. The number of nitrogens with one attached hydrogen (secondary N) is 1. The maximum Gasteiger partial charge on any atom is 0.247 e. The topological polar surface area (TPSA) is 51.0 Å². The minimum absolute atomic E-state index is 0.557. The number of aromatic nitrogens is 2. The Morgan fingerprint density at radius 3 is 2.74 bits per heavy atom. The highest BCUT2D eigenvalue weighted by Gasteiger charge is 2.19. The van der Waals surface area contributed by atoms with Crippen molar-refractivity contribution in [3.05, 3.63) is 35.2 Å². The minimum Gasteiger partial charge on any atom is -0.421 e. The summed E-state index contributed by atoms with van der Waals surface area (Å²) in [5.74, 6) is 1.25.